The number of carbonyl (C=O) groups excluding carboxylic acids is 1. The van der Waals surface area contributed by atoms with Crippen molar-refractivity contribution in [2.24, 2.45) is 7.05 Å². The number of nitrogens with two attached hydrogens (primary N) is 1. The van der Waals surface area contributed by atoms with Gasteiger partial charge in [0.25, 0.3) is 11.5 Å². The highest BCUT2D eigenvalue weighted by Crippen LogP contribution is 2.26. The van der Waals surface area contributed by atoms with E-state index >= 15 is 0 Å². The number of halogens is 1. The molecule has 11 heteroatoms. The van der Waals surface area contributed by atoms with Crippen molar-refractivity contribution >= 4 is 34.4 Å². The molecule has 1 saturated heterocycles. The number of alkyl halides is 1. The predicted octanol–water partition coefficient (Wildman–Crippen LogP) is 2.84. The fourth-order valence-corrected chi connectivity index (χ4v) is 4.35. The van der Waals surface area contributed by atoms with Gasteiger partial charge in [-0.15, -0.1) is 0 Å². The summed E-state index contributed by atoms with van der Waals surface area (Å²) in [5.74, 6) is -0.339. The number of aryl methyl sites for hydroxylation is 2. The highest BCUT2D eigenvalue weighted by atomic mass is 19.1. The second-order valence-electron chi connectivity index (χ2n) is 8.87. The third-order valence-corrected chi connectivity index (χ3v) is 6.35. The molecule has 4 aromatic rings. The van der Waals surface area contributed by atoms with Gasteiger partial charge in [0.2, 0.25) is 5.95 Å². The van der Waals surface area contributed by atoms with E-state index in [0.29, 0.717) is 59.8 Å². The van der Waals surface area contributed by atoms with Crippen LogP contribution in [0.4, 0.5) is 21.7 Å². The molecule has 5 rings (SSSR count). The normalized spacial score (nSPS) is 13.6. The Morgan fingerprint density at radius 1 is 1.16 bits per heavy atom. The van der Waals surface area contributed by atoms with Crippen LogP contribution in [0.1, 0.15) is 21.5 Å². The van der Waals surface area contributed by atoms with Gasteiger partial charge < -0.3 is 20.7 Å². The Labute approximate surface area is 211 Å². The molecule has 0 saturated carbocycles. The summed E-state index contributed by atoms with van der Waals surface area (Å²) in [4.78, 5) is 41.0. The maximum atomic E-state index is 13.6. The molecule has 0 atom stereocenters. The van der Waals surface area contributed by atoms with E-state index in [1.165, 1.54) is 10.8 Å². The molecule has 0 aliphatic carbocycles. The third kappa shape index (κ3) is 4.85. The van der Waals surface area contributed by atoms with Crippen LogP contribution in [0.3, 0.4) is 0 Å². The molecule has 3 heterocycles. The smallest absolute Gasteiger partial charge is 0.278 e. The lowest BCUT2D eigenvalue weighted by Gasteiger charge is -2.29. The van der Waals surface area contributed by atoms with E-state index in [1.807, 2.05) is 6.92 Å². The molecular weight excluding hydrogens is 477 g/mol. The SMILES string of the molecule is Cc1ccc(NC(=O)c2cc(CF)cc(N3CCOCC3)c2)cc1-c1nc2cnc(N)nc2n(C)c1=O. The number of nitrogens with zero attached hydrogens (tertiary/aromatic N) is 5. The van der Waals surface area contributed by atoms with Crippen LogP contribution < -0.4 is 21.5 Å². The van der Waals surface area contributed by atoms with Crippen LogP contribution in [-0.2, 0) is 18.5 Å². The zero-order valence-corrected chi connectivity index (χ0v) is 20.5. The van der Waals surface area contributed by atoms with Crippen molar-refractivity contribution < 1.29 is 13.9 Å². The van der Waals surface area contributed by atoms with E-state index in [1.54, 1.807) is 43.4 Å². The van der Waals surface area contributed by atoms with Gasteiger partial charge in [-0.05, 0) is 48.4 Å². The van der Waals surface area contributed by atoms with Gasteiger partial charge in [0.05, 0.1) is 19.4 Å². The van der Waals surface area contributed by atoms with Crippen molar-refractivity contribution in [1.29, 1.82) is 0 Å². The first-order valence-corrected chi connectivity index (χ1v) is 11.8. The number of amides is 1. The summed E-state index contributed by atoms with van der Waals surface area (Å²) in [5, 5.41) is 2.87. The Kier molecular flexibility index (Phi) is 6.53. The topological polar surface area (TPSA) is 128 Å². The fourth-order valence-electron chi connectivity index (χ4n) is 4.35. The number of morpholine rings is 1. The van der Waals surface area contributed by atoms with Crippen molar-refractivity contribution in [1.82, 2.24) is 19.5 Å². The van der Waals surface area contributed by atoms with Crippen molar-refractivity contribution in [2.75, 3.05) is 42.3 Å². The summed E-state index contributed by atoms with van der Waals surface area (Å²) in [6, 6.07) is 10.3. The average Bonchev–Trinajstić information content (AvgIpc) is 2.92. The largest absolute Gasteiger partial charge is 0.378 e. The second kappa shape index (κ2) is 9.94. The molecule has 0 bridgehead atoms. The lowest BCUT2D eigenvalue weighted by Crippen LogP contribution is -2.36. The van der Waals surface area contributed by atoms with Crippen LogP contribution >= 0.6 is 0 Å². The lowest BCUT2D eigenvalue weighted by atomic mass is 10.0. The van der Waals surface area contributed by atoms with Crippen molar-refractivity contribution in [3.8, 4) is 11.3 Å². The maximum Gasteiger partial charge on any atom is 0.278 e. The molecule has 1 amide bonds. The van der Waals surface area contributed by atoms with E-state index < -0.39 is 6.67 Å². The van der Waals surface area contributed by atoms with Gasteiger partial charge in [0.15, 0.2) is 5.65 Å². The molecule has 10 nitrogen and oxygen atoms in total. The minimum Gasteiger partial charge on any atom is -0.378 e. The van der Waals surface area contributed by atoms with Crippen LogP contribution in [0, 0.1) is 6.92 Å². The Morgan fingerprint density at radius 3 is 2.70 bits per heavy atom. The van der Waals surface area contributed by atoms with Crippen LogP contribution in [0.2, 0.25) is 0 Å². The van der Waals surface area contributed by atoms with Gasteiger partial charge in [-0.25, -0.2) is 14.4 Å². The van der Waals surface area contributed by atoms with Gasteiger partial charge in [-0.3, -0.25) is 14.2 Å². The number of hydrogen-bond donors (Lipinski definition) is 2. The number of fused-ring (bicyclic) bond motifs is 1. The van der Waals surface area contributed by atoms with Crippen LogP contribution in [0.25, 0.3) is 22.4 Å². The molecule has 2 aromatic heterocycles. The number of anilines is 3. The van der Waals surface area contributed by atoms with Gasteiger partial charge in [-0.2, -0.15) is 4.98 Å². The summed E-state index contributed by atoms with van der Waals surface area (Å²) >= 11 is 0. The number of carbonyl (C=O) groups is 1. The maximum absolute atomic E-state index is 13.6. The first-order chi connectivity index (χ1) is 17.8. The van der Waals surface area contributed by atoms with E-state index in [9.17, 15) is 14.0 Å². The molecule has 2 aromatic carbocycles. The summed E-state index contributed by atoms with van der Waals surface area (Å²) in [6.07, 6.45) is 1.46. The Morgan fingerprint density at radius 2 is 1.95 bits per heavy atom. The fraction of sp³-hybridized carbons (Fsp3) is 0.269. The second-order valence-corrected chi connectivity index (χ2v) is 8.87. The van der Waals surface area contributed by atoms with Crippen molar-refractivity contribution in [3.05, 3.63) is 69.6 Å². The number of hydrogen-bond acceptors (Lipinski definition) is 8. The van der Waals surface area contributed by atoms with Gasteiger partial charge in [-0.1, -0.05) is 6.07 Å². The summed E-state index contributed by atoms with van der Waals surface area (Å²) in [7, 11) is 1.59. The van der Waals surface area contributed by atoms with Crippen LogP contribution in [-0.4, -0.2) is 51.7 Å². The monoisotopic (exact) mass is 503 g/mol. The standard InChI is InChI=1S/C26H26FN7O3/c1-15-3-4-18(12-20(15)22-25(36)33(2)23-21(31-22)14-29-26(28)32-23)30-24(35)17-9-16(13-27)10-19(11-17)34-5-7-37-8-6-34/h3-4,9-12,14H,5-8,13H2,1-2H3,(H,30,35)(H2,28,29,32). The molecule has 1 fully saturated rings. The number of ether oxygens (including phenoxy) is 1. The number of benzene rings is 2. The van der Waals surface area contributed by atoms with E-state index in [-0.39, 0.29) is 23.1 Å². The zero-order valence-electron chi connectivity index (χ0n) is 20.5. The van der Waals surface area contributed by atoms with Gasteiger partial charge in [0, 0.05) is 42.6 Å². The molecule has 3 N–H and O–H groups in total. The average molecular weight is 504 g/mol. The number of nitrogens with one attached hydrogen (secondary N) is 1. The first kappa shape index (κ1) is 24.3. The van der Waals surface area contributed by atoms with Crippen LogP contribution in [0.5, 0.6) is 0 Å². The summed E-state index contributed by atoms with van der Waals surface area (Å²) in [6.45, 7) is 3.67. The molecule has 0 unspecified atom stereocenters. The molecular formula is C26H26FN7O3. The molecule has 190 valence electrons. The van der Waals surface area contributed by atoms with Crippen molar-refractivity contribution in [3.63, 3.8) is 0 Å². The van der Waals surface area contributed by atoms with Crippen LogP contribution in [0.15, 0.2) is 47.4 Å². The number of rotatable bonds is 5. The van der Waals surface area contributed by atoms with E-state index in [4.69, 9.17) is 10.5 Å². The molecule has 0 radical (unpaired) electrons. The van der Waals surface area contributed by atoms with Crippen molar-refractivity contribution in [2.45, 2.75) is 13.6 Å². The first-order valence-electron chi connectivity index (χ1n) is 11.8. The number of aromatic nitrogens is 4. The molecule has 1 aliphatic heterocycles. The van der Waals surface area contributed by atoms with Gasteiger partial charge >= 0.3 is 0 Å². The summed E-state index contributed by atoms with van der Waals surface area (Å²) < 4.78 is 20.4. The van der Waals surface area contributed by atoms with E-state index in [2.05, 4.69) is 25.2 Å². The highest BCUT2D eigenvalue weighted by molar-refractivity contribution is 6.05. The quantitative estimate of drug-likeness (QED) is 0.426. The number of nitrogen functional groups attached to an aromatic ring is 1. The van der Waals surface area contributed by atoms with Gasteiger partial charge in [0.1, 0.15) is 17.9 Å². The molecule has 0 spiro atoms. The minimum atomic E-state index is -0.681. The third-order valence-electron chi connectivity index (χ3n) is 6.35. The highest BCUT2D eigenvalue weighted by Gasteiger charge is 2.18. The zero-order chi connectivity index (χ0) is 26.1. The summed E-state index contributed by atoms with van der Waals surface area (Å²) in [5.41, 5.74) is 9.62. The Balaban J connectivity index is 1.48. The molecule has 1 aliphatic rings. The predicted molar refractivity (Wildman–Crippen MR) is 139 cm³/mol. The molecule has 37 heavy (non-hydrogen) atoms. The lowest BCUT2D eigenvalue weighted by molar-refractivity contribution is 0.102. The van der Waals surface area contributed by atoms with E-state index in [0.717, 1.165) is 11.3 Å². The Hall–Kier alpha value is -4.38. The minimum absolute atomic E-state index is 0.0477. The Bertz CT molecular complexity index is 1560.